The number of carbonyl (C=O) groups is 1. The van der Waals surface area contributed by atoms with Gasteiger partial charge < -0.3 is 20.1 Å². The van der Waals surface area contributed by atoms with E-state index in [4.69, 9.17) is 4.74 Å². The Kier molecular flexibility index (Phi) is 8.72. The van der Waals surface area contributed by atoms with Crippen LogP contribution in [0, 0.1) is 5.82 Å². The largest absolute Gasteiger partial charge is 0.394 e. The maximum atomic E-state index is 13.0. The molecule has 10 heteroatoms. The fraction of sp³-hybridized carbons (Fsp3) is 0.526. The van der Waals surface area contributed by atoms with E-state index in [9.17, 15) is 22.7 Å². The smallest absolute Gasteiger partial charge is 0.241 e. The minimum absolute atomic E-state index is 0.0758. The molecule has 1 amide bonds. The average Bonchev–Trinajstić information content (AvgIpc) is 2.66. The molecule has 0 saturated heterocycles. The molecule has 1 aliphatic rings. The Labute approximate surface area is 170 Å². The minimum Gasteiger partial charge on any atom is -0.394 e. The number of benzene rings is 1. The van der Waals surface area contributed by atoms with E-state index in [0.29, 0.717) is 6.54 Å². The van der Waals surface area contributed by atoms with Crippen molar-refractivity contribution < 1.29 is 27.4 Å². The van der Waals surface area contributed by atoms with Crippen LogP contribution in [0.5, 0.6) is 0 Å². The van der Waals surface area contributed by atoms with Gasteiger partial charge in [-0.25, -0.2) is 17.5 Å². The number of aliphatic hydroxyl groups excluding tert-OH is 1. The third-order valence-electron chi connectivity index (χ3n) is 4.37. The summed E-state index contributed by atoms with van der Waals surface area (Å²) in [4.78, 5) is 14.0. The number of rotatable bonds is 10. The zero-order chi connectivity index (χ0) is 21.4. The lowest BCUT2D eigenvalue weighted by Crippen LogP contribution is -2.49. The first kappa shape index (κ1) is 23.4. The van der Waals surface area contributed by atoms with Crippen molar-refractivity contribution in [1.82, 2.24) is 14.9 Å². The van der Waals surface area contributed by atoms with E-state index < -0.39 is 40.7 Å². The quantitative estimate of drug-likeness (QED) is 0.363. The molecule has 1 aromatic rings. The summed E-state index contributed by atoms with van der Waals surface area (Å²) in [5.41, 5.74) is 0. The number of hydrogen-bond acceptors (Lipinski definition) is 6. The Bertz CT molecular complexity index is 799. The van der Waals surface area contributed by atoms with E-state index in [-0.39, 0.29) is 17.2 Å². The molecule has 162 valence electrons. The predicted molar refractivity (Wildman–Crippen MR) is 106 cm³/mol. The molecule has 0 bridgehead atoms. The molecule has 2 rings (SSSR count). The Morgan fingerprint density at radius 3 is 2.55 bits per heavy atom. The van der Waals surface area contributed by atoms with Gasteiger partial charge >= 0.3 is 0 Å². The van der Waals surface area contributed by atoms with Gasteiger partial charge in [0, 0.05) is 6.54 Å². The number of amides is 1. The van der Waals surface area contributed by atoms with Gasteiger partial charge in [-0.2, -0.15) is 0 Å². The van der Waals surface area contributed by atoms with Crippen molar-refractivity contribution in [3.8, 4) is 0 Å². The molecule has 0 aromatic heterocycles. The summed E-state index contributed by atoms with van der Waals surface area (Å²) in [7, 11) is -0.0113. The number of ether oxygens (including phenoxy) is 1. The van der Waals surface area contributed by atoms with Crippen molar-refractivity contribution in [2.45, 2.75) is 36.0 Å². The van der Waals surface area contributed by atoms with Gasteiger partial charge in [0.05, 0.1) is 30.1 Å². The predicted octanol–water partition coefficient (Wildman–Crippen LogP) is 0.247. The van der Waals surface area contributed by atoms with E-state index in [0.717, 1.165) is 37.2 Å². The standard InChI is InChI=1S/C19H28FN3O5S/c1-23(2)11-3-10-21-19(25)12-15-6-9-17(18(13-24)28-15)22-29(26,27)16-7-4-14(20)5-8-16/h4-9,15,17-18,22,24H,3,10-13H2,1-2H3,(H,21,25)/t15-,17-,18-/m1/s1. The first-order chi connectivity index (χ1) is 13.7. The van der Waals surface area contributed by atoms with Gasteiger partial charge in [-0.05, 0) is 51.3 Å². The van der Waals surface area contributed by atoms with Crippen LogP contribution in [-0.4, -0.2) is 76.4 Å². The lowest BCUT2D eigenvalue weighted by Gasteiger charge is -2.31. The number of nitrogens with one attached hydrogen (secondary N) is 2. The van der Waals surface area contributed by atoms with Crippen LogP contribution in [0.3, 0.4) is 0 Å². The first-order valence-electron chi connectivity index (χ1n) is 9.35. The van der Waals surface area contributed by atoms with E-state index in [2.05, 4.69) is 10.0 Å². The second-order valence-electron chi connectivity index (χ2n) is 7.09. The first-order valence-corrected chi connectivity index (χ1v) is 10.8. The van der Waals surface area contributed by atoms with E-state index in [1.54, 1.807) is 12.2 Å². The van der Waals surface area contributed by atoms with Gasteiger partial charge in [-0.15, -0.1) is 0 Å². The van der Waals surface area contributed by atoms with Gasteiger partial charge in [0.25, 0.3) is 0 Å². The monoisotopic (exact) mass is 429 g/mol. The normalized spacial score (nSPS) is 22.0. The molecule has 0 spiro atoms. The van der Waals surface area contributed by atoms with Crippen molar-refractivity contribution in [1.29, 1.82) is 0 Å². The zero-order valence-electron chi connectivity index (χ0n) is 16.5. The van der Waals surface area contributed by atoms with Crippen molar-refractivity contribution in [3.63, 3.8) is 0 Å². The molecule has 1 aromatic carbocycles. The lowest BCUT2D eigenvalue weighted by atomic mass is 10.1. The fourth-order valence-corrected chi connectivity index (χ4v) is 4.07. The summed E-state index contributed by atoms with van der Waals surface area (Å²) in [5, 5.41) is 12.4. The van der Waals surface area contributed by atoms with Crippen LogP contribution in [0.1, 0.15) is 12.8 Å². The molecule has 1 heterocycles. The summed E-state index contributed by atoms with van der Waals surface area (Å²) in [6, 6.07) is 3.61. The highest BCUT2D eigenvalue weighted by Gasteiger charge is 2.31. The molecular formula is C19H28FN3O5S. The third kappa shape index (κ3) is 7.48. The topological polar surface area (TPSA) is 108 Å². The van der Waals surface area contributed by atoms with Crippen LogP contribution in [0.2, 0.25) is 0 Å². The van der Waals surface area contributed by atoms with Gasteiger partial charge in [0.1, 0.15) is 11.9 Å². The van der Waals surface area contributed by atoms with E-state index >= 15 is 0 Å². The minimum atomic E-state index is -3.92. The molecule has 0 aliphatic carbocycles. The fourth-order valence-electron chi connectivity index (χ4n) is 2.85. The number of carbonyl (C=O) groups excluding carboxylic acids is 1. The zero-order valence-corrected chi connectivity index (χ0v) is 17.4. The number of nitrogens with zero attached hydrogens (tertiary/aromatic N) is 1. The summed E-state index contributed by atoms with van der Waals surface area (Å²) in [6.07, 6.45) is 2.66. The lowest BCUT2D eigenvalue weighted by molar-refractivity contribution is -0.125. The molecular weight excluding hydrogens is 401 g/mol. The van der Waals surface area contributed by atoms with Gasteiger partial charge in [-0.3, -0.25) is 4.79 Å². The number of aliphatic hydroxyl groups is 1. The Hall–Kier alpha value is -1.85. The molecule has 0 fully saturated rings. The molecule has 1 aliphatic heterocycles. The van der Waals surface area contributed by atoms with Crippen molar-refractivity contribution in [3.05, 3.63) is 42.2 Å². The number of hydrogen-bond donors (Lipinski definition) is 3. The molecule has 0 saturated carbocycles. The van der Waals surface area contributed by atoms with Crippen LogP contribution < -0.4 is 10.0 Å². The van der Waals surface area contributed by atoms with E-state index in [1.165, 1.54) is 0 Å². The molecule has 3 N–H and O–H groups in total. The SMILES string of the molecule is CN(C)CCCNC(=O)C[C@H]1C=C[C@@H](NS(=O)(=O)c2ccc(F)cc2)[C@@H](CO)O1. The maximum absolute atomic E-state index is 13.0. The molecule has 0 radical (unpaired) electrons. The Balaban J connectivity index is 1.92. The van der Waals surface area contributed by atoms with Crippen molar-refractivity contribution in [2.75, 3.05) is 33.8 Å². The maximum Gasteiger partial charge on any atom is 0.241 e. The van der Waals surface area contributed by atoms with Crippen LogP contribution in [0.15, 0.2) is 41.3 Å². The van der Waals surface area contributed by atoms with Crippen molar-refractivity contribution in [2.24, 2.45) is 0 Å². The summed E-state index contributed by atoms with van der Waals surface area (Å²) < 4.78 is 46.0. The molecule has 0 unspecified atom stereocenters. The highest BCUT2D eigenvalue weighted by molar-refractivity contribution is 7.89. The van der Waals surface area contributed by atoms with Crippen molar-refractivity contribution >= 4 is 15.9 Å². The molecule has 3 atom stereocenters. The Morgan fingerprint density at radius 2 is 1.93 bits per heavy atom. The van der Waals surface area contributed by atoms with Crippen LogP contribution >= 0.6 is 0 Å². The third-order valence-corrected chi connectivity index (χ3v) is 5.84. The second kappa shape index (κ2) is 10.8. The van der Waals surface area contributed by atoms with Gasteiger partial charge in [0.2, 0.25) is 15.9 Å². The highest BCUT2D eigenvalue weighted by atomic mass is 32.2. The molecule has 29 heavy (non-hydrogen) atoms. The van der Waals surface area contributed by atoms with Gasteiger partial charge in [-0.1, -0.05) is 12.2 Å². The van der Waals surface area contributed by atoms with Crippen LogP contribution in [-0.2, 0) is 19.6 Å². The van der Waals surface area contributed by atoms with Crippen LogP contribution in [0.25, 0.3) is 0 Å². The number of sulfonamides is 1. The average molecular weight is 430 g/mol. The Morgan fingerprint density at radius 1 is 1.24 bits per heavy atom. The summed E-state index contributed by atoms with van der Waals surface area (Å²) >= 11 is 0. The molecule has 8 nitrogen and oxygen atoms in total. The van der Waals surface area contributed by atoms with Gasteiger partial charge in [0.15, 0.2) is 0 Å². The van der Waals surface area contributed by atoms with E-state index in [1.807, 2.05) is 19.0 Å². The highest BCUT2D eigenvalue weighted by Crippen LogP contribution is 2.18. The summed E-state index contributed by atoms with van der Waals surface area (Å²) in [5.74, 6) is -0.721. The van der Waals surface area contributed by atoms with Crippen LogP contribution in [0.4, 0.5) is 4.39 Å². The number of halogens is 1. The summed E-state index contributed by atoms with van der Waals surface area (Å²) in [6.45, 7) is 0.988. The second-order valence-corrected chi connectivity index (χ2v) is 8.81.